The molecule has 5 heteroatoms. The van der Waals surface area contributed by atoms with Crippen molar-refractivity contribution in [1.29, 1.82) is 0 Å². The van der Waals surface area contributed by atoms with Crippen LogP contribution in [0.2, 0.25) is 0 Å². The number of para-hydroxylation sites is 2. The van der Waals surface area contributed by atoms with Crippen molar-refractivity contribution in [1.82, 2.24) is 0 Å². The summed E-state index contributed by atoms with van der Waals surface area (Å²) < 4.78 is 33.1. The van der Waals surface area contributed by atoms with E-state index < -0.39 is 10.0 Å². The largest absolute Gasteiger partial charge is 0.491 e. The molecule has 0 aliphatic heterocycles. The van der Waals surface area contributed by atoms with Gasteiger partial charge in [0.2, 0.25) is 0 Å². The van der Waals surface area contributed by atoms with Crippen LogP contribution in [-0.2, 0) is 10.0 Å². The molecule has 0 unspecified atom stereocenters. The van der Waals surface area contributed by atoms with Crippen LogP contribution in [0.3, 0.4) is 0 Å². The highest BCUT2D eigenvalue weighted by atomic mass is 32.2. The van der Waals surface area contributed by atoms with Gasteiger partial charge < -0.3 is 4.74 Å². The zero-order valence-electron chi connectivity index (χ0n) is 12.9. The van der Waals surface area contributed by atoms with E-state index in [1.807, 2.05) is 13.0 Å². The van der Waals surface area contributed by atoms with Crippen molar-refractivity contribution in [3.05, 3.63) is 54.1 Å². The van der Waals surface area contributed by atoms with Crippen molar-refractivity contribution in [2.45, 2.75) is 31.6 Å². The summed E-state index contributed by atoms with van der Waals surface area (Å²) in [5, 5.41) is 0. The first-order chi connectivity index (χ1) is 10.5. The Hall–Kier alpha value is -2.01. The molecule has 22 heavy (non-hydrogen) atoms. The predicted molar refractivity (Wildman–Crippen MR) is 88.8 cm³/mol. The van der Waals surface area contributed by atoms with Gasteiger partial charge in [-0.05, 0) is 37.6 Å². The molecule has 0 saturated carbocycles. The minimum absolute atomic E-state index is 0.237. The van der Waals surface area contributed by atoms with E-state index in [1.165, 1.54) is 0 Å². The van der Waals surface area contributed by atoms with Crippen molar-refractivity contribution in [2.75, 3.05) is 11.3 Å². The highest BCUT2D eigenvalue weighted by molar-refractivity contribution is 7.92. The Morgan fingerprint density at radius 2 is 1.73 bits per heavy atom. The second kappa shape index (κ2) is 7.31. The van der Waals surface area contributed by atoms with Crippen LogP contribution >= 0.6 is 0 Å². The number of rotatable bonds is 7. The predicted octanol–water partition coefficient (Wildman–Crippen LogP) is 3.97. The van der Waals surface area contributed by atoms with Crippen LogP contribution in [0, 0.1) is 6.92 Å². The number of benzene rings is 2. The third-order valence-corrected chi connectivity index (χ3v) is 4.60. The number of hydrogen-bond acceptors (Lipinski definition) is 3. The second-order valence-electron chi connectivity index (χ2n) is 5.12. The monoisotopic (exact) mass is 319 g/mol. The van der Waals surface area contributed by atoms with Crippen molar-refractivity contribution in [3.8, 4) is 5.75 Å². The number of anilines is 1. The summed E-state index contributed by atoms with van der Waals surface area (Å²) in [5.74, 6) is 0.548. The molecular formula is C17H21NO3S. The first-order valence-corrected chi connectivity index (χ1v) is 8.82. The van der Waals surface area contributed by atoms with Crippen molar-refractivity contribution < 1.29 is 13.2 Å². The topological polar surface area (TPSA) is 55.4 Å². The van der Waals surface area contributed by atoms with Crippen LogP contribution in [0.15, 0.2) is 53.4 Å². The smallest absolute Gasteiger partial charge is 0.262 e. The first-order valence-electron chi connectivity index (χ1n) is 7.34. The zero-order chi connectivity index (χ0) is 16.0. The molecule has 0 fully saturated rings. The van der Waals surface area contributed by atoms with E-state index in [1.54, 1.807) is 42.5 Å². The molecule has 118 valence electrons. The quantitative estimate of drug-likeness (QED) is 0.786. The molecule has 0 heterocycles. The molecule has 0 amide bonds. The second-order valence-corrected chi connectivity index (χ2v) is 6.80. The Morgan fingerprint density at radius 3 is 2.41 bits per heavy atom. The molecule has 0 aliphatic carbocycles. The Labute approximate surface area is 132 Å². The van der Waals surface area contributed by atoms with Gasteiger partial charge in [0.15, 0.2) is 0 Å². The van der Waals surface area contributed by atoms with Gasteiger partial charge in [-0.25, -0.2) is 8.42 Å². The van der Waals surface area contributed by atoms with Gasteiger partial charge in [-0.2, -0.15) is 0 Å². The number of ether oxygens (including phenoxy) is 1. The van der Waals surface area contributed by atoms with E-state index in [0.717, 1.165) is 18.4 Å². The van der Waals surface area contributed by atoms with Gasteiger partial charge >= 0.3 is 0 Å². The number of sulfonamides is 1. The first kappa shape index (κ1) is 16.4. The number of unbranched alkanes of at least 4 members (excludes halogenated alkanes) is 1. The average Bonchev–Trinajstić information content (AvgIpc) is 2.49. The molecular weight excluding hydrogens is 298 g/mol. The van der Waals surface area contributed by atoms with Crippen LogP contribution in [-0.4, -0.2) is 15.0 Å². The Bertz CT molecular complexity index is 709. The van der Waals surface area contributed by atoms with Crippen molar-refractivity contribution in [3.63, 3.8) is 0 Å². The lowest BCUT2D eigenvalue weighted by Crippen LogP contribution is -2.14. The van der Waals surface area contributed by atoms with Gasteiger partial charge in [0.25, 0.3) is 10.0 Å². The molecule has 4 nitrogen and oxygen atoms in total. The Kier molecular flexibility index (Phi) is 5.44. The maximum Gasteiger partial charge on any atom is 0.262 e. The van der Waals surface area contributed by atoms with Crippen LogP contribution in [0.1, 0.15) is 25.3 Å². The molecule has 1 N–H and O–H groups in total. The normalized spacial score (nSPS) is 11.2. The molecule has 0 radical (unpaired) electrons. The summed E-state index contributed by atoms with van der Waals surface area (Å²) in [6.07, 6.45) is 1.95. The fourth-order valence-corrected chi connectivity index (χ4v) is 2.99. The van der Waals surface area contributed by atoms with Gasteiger partial charge in [-0.1, -0.05) is 43.2 Å². The fraction of sp³-hybridized carbons (Fsp3) is 0.294. The van der Waals surface area contributed by atoms with Crippen LogP contribution in [0.25, 0.3) is 0 Å². The van der Waals surface area contributed by atoms with E-state index in [-0.39, 0.29) is 4.90 Å². The number of hydrogen-bond donors (Lipinski definition) is 1. The molecule has 2 aromatic carbocycles. The summed E-state index contributed by atoms with van der Waals surface area (Å²) in [6, 6.07) is 13.8. The molecule has 0 aliphatic rings. The third kappa shape index (κ3) is 4.24. The Morgan fingerprint density at radius 1 is 1.05 bits per heavy atom. The number of aryl methyl sites for hydroxylation is 1. The van der Waals surface area contributed by atoms with Crippen molar-refractivity contribution in [2.24, 2.45) is 0 Å². The number of nitrogens with one attached hydrogen (secondary N) is 1. The van der Waals surface area contributed by atoms with Gasteiger partial charge in [0.1, 0.15) is 5.75 Å². The minimum Gasteiger partial charge on any atom is -0.491 e. The molecule has 0 bridgehead atoms. The van der Waals surface area contributed by atoms with E-state index in [9.17, 15) is 8.42 Å². The van der Waals surface area contributed by atoms with Gasteiger partial charge in [0, 0.05) is 0 Å². The van der Waals surface area contributed by atoms with Crippen LogP contribution < -0.4 is 9.46 Å². The third-order valence-electron chi connectivity index (χ3n) is 3.22. The average molecular weight is 319 g/mol. The maximum absolute atomic E-state index is 12.4. The lowest BCUT2D eigenvalue weighted by atomic mass is 10.2. The molecule has 0 spiro atoms. The summed E-state index contributed by atoms with van der Waals surface area (Å²) in [4.78, 5) is 0.237. The molecule has 0 atom stereocenters. The highest BCUT2D eigenvalue weighted by Gasteiger charge is 2.16. The van der Waals surface area contributed by atoms with E-state index >= 15 is 0 Å². The lowest BCUT2D eigenvalue weighted by Gasteiger charge is -2.13. The summed E-state index contributed by atoms with van der Waals surface area (Å²) in [6.45, 7) is 4.57. The van der Waals surface area contributed by atoms with Crippen molar-refractivity contribution >= 4 is 15.7 Å². The highest BCUT2D eigenvalue weighted by Crippen LogP contribution is 2.26. The molecule has 0 aromatic heterocycles. The Balaban J connectivity index is 2.20. The molecule has 2 rings (SSSR count). The van der Waals surface area contributed by atoms with E-state index in [2.05, 4.69) is 11.6 Å². The summed E-state index contributed by atoms with van der Waals surface area (Å²) in [7, 11) is -3.61. The van der Waals surface area contributed by atoms with Crippen LogP contribution in [0.5, 0.6) is 5.75 Å². The molecule has 2 aromatic rings. The van der Waals surface area contributed by atoms with Gasteiger partial charge in [-0.15, -0.1) is 0 Å². The van der Waals surface area contributed by atoms with Crippen LogP contribution in [0.4, 0.5) is 5.69 Å². The lowest BCUT2D eigenvalue weighted by molar-refractivity contribution is 0.311. The standard InChI is InChI=1S/C17H21NO3S/c1-3-4-13-21-17-8-6-5-7-16(17)18-22(19,20)15-11-9-14(2)10-12-15/h5-12,18H,3-4,13H2,1-2H3. The fourth-order valence-electron chi connectivity index (χ4n) is 1.92. The summed E-state index contributed by atoms with van der Waals surface area (Å²) >= 11 is 0. The summed E-state index contributed by atoms with van der Waals surface area (Å²) in [5.41, 5.74) is 1.47. The van der Waals surface area contributed by atoms with Gasteiger partial charge in [-0.3, -0.25) is 4.72 Å². The van der Waals surface area contributed by atoms with Gasteiger partial charge in [0.05, 0.1) is 17.2 Å². The van der Waals surface area contributed by atoms with E-state index in [0.29, 0.717) is 18.0 Å². The molecule has 0 saturated heterocycles. The maximum atomic E-state index is 12.4. The SMILES string of the molecule is CCCCOc1ccccc1NS(=O)(=O)c1ccc(C)cc1. The van der Waals surface area contributed by atoms with E-state index in [4.69, 9.17) is 4.74 Å². The zero-order valence-corrected chi connectivity index (χ0v) is 13.7. The minimum atomic E-state index is -3.61.